The second-order valence-corrected chi connectivity index (χ2v) is 5.71. The van der Waals surface area contributed by atoms with Crippen LogP contribution in [0.15, 0.2) is 6.33 Å². The van der Waals surface area contributed by atoms with Crippen LogP contribution in [0.4, 0.5) is 5.82 Å². The number of carbonyl (C=O) groups is 1. The predicted octanol–water partition coefficient (Wildman–Crippen LogP) is 1.53. The van der Waals surface area contributed by atoms with Gasteiger partial charge in [0.25, 0.3) is 0 Å². The fourth-order valence-electron chi connectivity index (χ4n) is 2.27. The van der Waals surface area contributed by atoms with E-state index in [-0.39, 0.29) is 6.10 Å². The van der Waals surface area contributed by atoms with Crippen LogP contribution in [0, 0.1) is 6.92 Å². The number of nitrogens with one attached hydrogen (secondary N) is 1. The number of ether oxygens (including phenoxy) is 2. The van der Waals surface area contributed by atoms with Crippen molar-refractivity contribution in [3.8, 4) is 0 Å². The van der Waals surface area contributed by atoms with Crippen molar-refractivity contribution in [2.24, 2.45) is 0 Å². The maximum absolute atomic E-state index is 11.2. The third kappa shape index (κ3) is 2.82. The van der Waals surface area contributed by atoms with E-state index in [0.717, 1.165) is 16.7 Å². The molecule has 0 saturated carbocycles. The van der Waals surface area contributed by atoms with E-state index in [4.69, 9.17) is 9.47 Å². The van der Waals surface area contributed by atoms with Gasteiger partial charge in [0.15, 0.2) is 0 Å². The summed E-state index contributed by atoms with van der Waals surface area (Å²) in [5, 5.41) is 13.2. The number of aromatic carboxylic acids is 1. The summed E-state index contributed by atoms with van der Waals surface area (Å²) in [6.07, 6.45) is 1.41. The second kappa shape index (κ2) is 5.92. The lowest BCUT2D eigenvalue weighted by Crippen LogP contribution is -2.34. The monoisotopic (exact) mass is 309 g/mol. The number of nitrogens with zero attached hydrogens (tertiary/aromatic N) is 2. The Morgan fingerprint density at radius 1 is 1.52 bits per heavy atom. The first-order valence-corrected chi connectivity index (χ1v) is 7.39. The van der Waals surface area contributed by atoms with Crippen LogP contribution >= 0.6 is 11.3 Å². The van der Waals surface area contributed by atoms with Gasteiger partial charge in [0.1, 0.15) is 21.9 Å². The van der Waals surface area contributed by atoms with Crippen LogP contribution < -0.4 is 5.32 Å². The number of rotatable bonds is 4. The fraction of sp³-hybridized carbons (Fsp3) is 0.462. The van der Waals surface area contributed by atoms with Gasteiger partial charge < -0.3 is 19.9 Å². The Bertz CT molecular complexity index is 667. The van der Waals surface area contributed by atoms with Crippen LogP contribution in [-0.4, -0.2) is 53.5 Å². The molecule has 0 aliphatic carbocycles. The molecule has 0 aromatic carbocycles. The standard InChI is InChI=1S/C13H15N3O4S/c1-7-9-11(14-4-8-5-19-2-3-20-8)15-6-16-12(9)21-10(7)13(17)18/h6,8H,2-5H2,1H3,(H,17,18)(H,14,15,16). The maximum atomic E-state index is 11.2. The predicted molar refractivity (Wildman–Crippen MR) is 78.2 cm³/mol. The molecule has 1 atom stereocenters. The van der Waals surface area contributed by atoms with Crippen molar-refractivity contribution in [2.45, 2.75) is 13.0 Å². The van der Waals surface area contributed by atoms with Crippen molar-refractivity contribution in [2.75, 3.05) is 31.7 Å². The molecule has 2 N–H and O–H groups in total. The number of aromatic nitrogens is 2. The maximum Gasteiger partial charge on any atom is 0.346 e. The topological polar surface area (TPSA) is 93.6 Å². The van der Waals surface area contributed by atoms with Crippen LogP contribution in [0.1, 0.15) is 15.2 Å². The van der Waals surface area contributed by atoms with E-state index in [1.54, 1.807) is 6.92 Å². The van der Waals surface area contributed by atoms with Crippen LogP contribution in [0.3, 0.4) is 0 Å². The van der Waals surface area contributed by atoms with Gasteiger partial charge in [-0.2, -0.15) is 0 Å². The third-order valence-corrected chi connectivity index (χ3v) is 4.49. The lowest BCUT2D eigenvalue weighted by Gasteiger charge is -2.23. The number of carboxylic acids is 1. The van der Waals surface area contributed by atoms with Gasteiger partial charge in [-0.3, -0.25) is 0 Å². The van der Waals surface area contributed by atoms with Crippen LogP contribution in [0.25, 0.3) is 10.2 Å². The summed E-state index contributed by atoms with van der Waals surface area (Å²) in [7, 11) is 0. The number of thiophene rings is 1. The zero-order chi connectivity index (χ0) is 14.8. The largest absolute Gasteiger partial charge is 0.477 e. The quantitative estimate of drug-likeness (QED) is 0.884. The summed E-state index contributed by atoms with van der Waals surface area (Å²) in [6, 6.07) is 0. The molecule has 112 valence electrons. The molecular weight excluding hydrogens is 294 g/mol. The summed E-state index contributed by atoms with van der Waals surface area (Å²) in [6.45, 7) is 4.09. The summed E-state index contributed by atoms with van der Waals surface area (Å²) < 4.78 is 10.9. The van der Waals surface area contributed by atoms with Gasteiger partial charge in [0.05, 0.1) is 31.3 Å². The first kappa shape index (κ1) is 14.2. The van der Waals surface area contributed by atoms with Crippen LogP contribution in [0.5, 0.6) is 0 Å². The Morgan fingerprint density at radius 2 is 2.38 bits per heavy atom. The van der Waals surface area contributed by atoms with E-state index in [1.807, 2.05) is 0 Å². The Morgan fingerprint density at radius 3 is 3.10 bits per heavy atom. The molecule has 0 amide bonds. The van der Waals surface area contributed by atoms with E-state index in [0.29, 0.717) is 47.5 Å². The molecule has 7 nitrogen and oxygen atoms in total. The highest BCUT2D eigenvalue weighted by Gasteiger charge is 2.20. The number of anilines is 1. The molecule has 8 heteroatoms. The van der Waals surface area contributed by atoms with Gasteiger partial charge in [-0.05, 0) is 12.5 Å². The molecule has 0 bridgehead atoms. The number of carboxylic acid groups (broad SMARTS) is 1. The fourth-order valence-corrected chi connectivity index (χ4v) is 3.26. The summed E-state index contributed by atoms with van der Waals surface area (Å²) in [5.74, 6) is -0.305. The molecular formula is C13H15N3O4S. The molecule has 1 saturated heterocycles. The number of aryl methyl sites for hydroxylation is 1. The zero-order valence-corrected chi connectivity index (χ0v) is 12.3. The Balaban J connectivity index is 1.86. The molecule has 0 radical (unpaired) electrons. The van der Waals surface area contributed by atoms with Crippen molar-refractivity contribution in [1.29, 1.82) is 0 Å². The van der Waals surface area contributed by atoms with Crippen molar-refractivity contribution in [3.63, 3.8) is 0 Å². The molecule has 3 heterocycles. The van der Waals surface area contributed by atoms with Crippen molar-refractivity contribution >= 4 is 33.3 Å². The zero-order valence-electron chi connectivity index (χ0n) is 11.5. The van der Waals surface area contributed by atoms with Gasteiger partial charge >= 0.3 is 5.97 Å². The van der Waals surface area contributed by atoms with E-state index in [9.17, 15) is 9.90 Å². The average molecular weight is 309 g/mol. The third-order valence-electron chi connectivity index (χ3n) is 3.30. The Labute approximate surface area is 124 Å². The molecule has 2 aromatic heterocycles. The Kier molecular flexibility index (Phi) is 4.00. The molecule has 2 aromatic rings. The van der Waals surface area contributed by atoms with E-state index in [2.05, 4.69) is 15.3 Å². The number of hydrogen-bond donors (Lipinski definition) is 2. The second-order valence-electron chi connectivity index (χ2n) is 4.71. The minimum absolute atomic E-state index is 0.0262. The molecule has 21 heavy (non-hydrogen) atoms. The molecule has 3 rings (SSSR count). The molecule has 1 aliphatic heterocycles. The van der Waals surface area contributed by atoms with Gasteiger partial charge in [-0.15, -0.1) is 11.3 Å². The highest BCUT2D eigenvalue weighted by molar-refractivity contribution is 7.20. The van der Waals surface area contributed by atoms with E-state index in [1.165, 1.54) is 6.33 Å². The highest BCUT2D eigenvalue weighted by Crippen LogP contribution is 2.33. The van der Waals surface area contributed by atoms with Crippen molar-refractivity contribution in [1.82, 2.24) is 9.97 Å². The minimum atomic E-state index is -0.939. The smallest absolute Gasteiger partial charge is 0.346 e. The van der Waals surface area contributed by atoms with Gasteiger partial charge in [-0.1, -0.05) is 0 Å². The SMILES string of the molecule is Cc1c(C(=O)O)sc2ncnc(NCC3COCCO3)c12. The first-order valence-electron chi connectivity index (χ1n) is 6.57. The average Bonchev–Trinajstić information content (AvgIpc) is 2.84. The molecule has 1 unspecified atom stereocenters. The van der Waals surface area contributed by atoms with Gasteiger partial charge in [0, 0.05) is 6.54 Å². The minimum Gasteiger partial charge on any atom is -0.477 e. The molecule has 1 aliphatic rings. The summed E-state index contributed by atoms with van der Waals surface area (Å²) >= 11 is 1.16. The van der Waals surface area contributed by atoms with E-state index >= 15 is 0 Å². The van der Waals surface area contributed by atoms with Crippen LogP contribution in [0.2, 0.25) is 0 Å². The number of hydrogen-bond acceptors (Lipinski definition) is 7. The number of fused-ring (bicyclic) bond motifs is 1. The Hall–Kier alpha value is -1.77. The summed E-state index contributed by atoms with van der Waals surface area (Å²) in [5.41, 5.74) is 0.686. The van der Waals surface area contributed by atoms with Crippen molar-refractivity contribution in [3.05, 3.63) is 16.8 Å². The lowest BCUT2D eigenvalue weighted by atomic mass is 10.2. The van der Waals surface area contributed by atoms with Crippen LogP contribution in [-0.2, 0) is 9.47 Å². The first-order chi connectivity index (χ1) is 10.2. The molecule has 1 fully saturated rings. The molecule has 0 spiro atoms. The van der Waals surface area contributed by atoms with E-state index < -0.39 is 5.97 Å². The normalized spacial score (nSPS) is 18.8. The highest BCUT2D eigenvalue weighted by atomic mass is 32.1. The lowest BCUT2D eigenvalue weighted by molar-refractivity contribution is -0.0819. The summed E-state index contributed by atoms with van der Waals surface area (Å²) in [4.78, 5) is 20.5. The van der Waals surface area contributed by atoms with Crippen molar-refractivity contribution < 1.29 is 19.4 Å². The van der Waals surface area contributed by atoms with Gasteiger partial charge in [0.2, 0.25) is 0 Å². The van der Waals surface area contributed by atoms with Gasteiger partial charge in [-0.25, -0.2) is 14.8 Å².